The molecule has 0 fully saturated rings. The van der Waals surface area contributed by atoms with Gasteiger partial charge in [-0.1, -0.05) is 31.2 Å². The van der Waals surface area contributed by atoms with Crippen LogP contribution in [-0.4, -0.2) is 25.7 Å². The molecule has 1 heterocycles. The second-order valence-corrected chi connectivity index (χ2v) is 4.43. The first-order valence-electron chi connectivity index (χ1n) is 6.47. The molecule has 1 amide bonds. The van der Waals surface area contributed by atoms with Crippen molar-refractivity contribution in [1.82, 2.24) is 10.6 Å². The van der Waals surface area contributed by atoms with Crippen LogP contribution in [-0.2, 0) is 11.2 Å². The van der Waals surface area contributed by atoms with Gasteiger partial charge >= 0.3 is 6.09 Å². The fourth-order valence-electron chi connectivity index (χ4n) is 2.05. The molecule has 2 rings (SSSR count). The number of carbonyl (C=O) groups excluding carboxylic acids is 1. The standard InChI is InChI=1S/C14H19N3O2/c1-3-10-4-6-11(7-5-10)12-8-9-15-13(16-12)17-14(18)19-2/h4-7,12H,3,8-9H2,1-2H3,(H2,15,16,17,18). The van der Waals surface area contributed by atoms with Crippen LogP contribution < -0.4 is 10.6 Å². The number of aliphatic imine (C=N–C) groups is 1. The topological polar surface area (TPSA) is 62.7 Å². The van der Waals surface area contributed by atoms with Crippen molar-refractivity contribution in [3.05, 3.63) is 35.4 Å². The molecule has 1 atom stereocenters. The van der Waals surface area contributed by atoms with Gasteiger partial charge in [0, 0.05) is 6.54 Å². The number of amides is 1. The lowest BCUT2D eigenvalue weighted by Gasteiger charge is -2.25. The zero-order chi connectivity index (χ0) is 13.7. The summed E-state index contributed by atoms with van der Waals surface area (Å²) in [5.74, 6) is 0.475. The number of alkyl carbamates (subject to hydrolysis) is 1. The summed E-state index contributed by atoms with van der Waals surface area (Å²) >= 11 is 0. The van der Waals surface area contributed by atoms with Gasteiger partial charge in [-0.15, -0.1) is 0 Å². The van der Waals surface area contributed by atoms with Crippen molar-refractivity contribution in [2.24, 2.45) is 4.99 Å². The Hall–Kier alpha value is -2.04. The number of hydrogen-bond donors (Lipinski definition) is 2. The minimum Gasteiger partial charge on any atom is -0.453 e. The van der Waals surface area contributed by atoms with Gasteiger partial charge in [-0.3, -0.25) is 10.3 Å². The molecule has 102 valence electrons. The molecule has 19 heavy (non-hydrogen) atoms. The van der Waals surface area contributed by atoms with E-state index in [1.165, 1.54) is 18.2 Å². The van der Waals surface area contributed by atoms with Gasteiger partial charge in [0.2, 0.25) is 5.96 Å². The van der Waals surface area contributed by atoms with Crippen molar-refractivity contribution < 1.29 is 9.53 Å². The van der Waals surface area contributed by atoms with E-state index < -0.39 is 6.09 Å². The Morgan fingerprint density at radius 3 is 2.84 bits per heavy atom. The maximum atomic E-state index is 11.2. The highest BCUT2D eigenvalue weighted by molar-refractivity contribution is 5.94. The van der Waals surface area contributed by atoms with Crippen LogP contribution in [0.4, 0.5) is 4.79 Å². The predicted octanol–water partition coefficient (Wildman–Crippen LogP) is 2.00. The molecule has 5 nitrogen and oxygen atoms in total. The van der Waals surface area contributed by atoms with Crippen LogP contribution in [0.15, 0.2) is 29.3 Å². The molecule has 1 aromatic carbocycles. The summed E-state index contributed by atoms with van der Waals surface area (Å²) in [5.41, 5.74) is 2.53. The number of hydrogen-bond acceptors (Lipinski definition) is 4. The van der Waals surface area contributed by atoms with E-state index in [0.717, 1.165) is 12.8 Å². The summed E-state index contributed by atoms with van der Waals surface area (Å²) < 4.78 is 4.55. The normalized spacial score (nSPS) is 18.2. The lowest BCUT2D eigenvalue weighted by Crippen LogP contribution is -2.45. The number of rotatable bonds is 2. The van der Waals surface area contributed by atoms with Gasteiger partial charge in [0.1, 0.15) is 0 Å². The number of benzene rings is 1. The minimum absolute atomic E-state index is 0.176. The van der Waals surface area contributed by atoms with Crippen LogP contribution in [0.5, 0.6) is 0 Å². The van der Waals surface area contributed by atoms with Crippen molar-refractivity contribution >= 4 is 12.1 Å². The molecule has 0 aromatic heterocycles. The second kappa shape index (κ2) is 6.22. The smallest absolute Gasteiger partial charge is 0.413 e. The molecule has 1 aliphatic rings. The minimum atomic E-state index is -0.506. The molecule has 0 spiro atoms. The summed E-state index contributed by atoms with van der Waals surface area (Å²) in [7, 11) is 1.33. The highest BCUT2D eigenvalue weighted by Crippen LogP contribution is 2.19. The third-order valence-electron chi connectivity index (χ3n) is 3.19. The zero-order valence-corrected chi connectivity index (χ0v) is 11.3. The van der Waals surface area contributed by atoms with Gasteiger partial charge in [0.25, 0.3) is 0 Å². The van der Waals surface area contributed by atoms with Crippen LogP contribution in [0.25, 0.3) is 0 Å². The Balaban J connectivity index is 2.02. The average Bonchev–Trinajstić information content (AvgIpc) is 2.47. The van der Waals surface area contributed by atoms with Crippen molar-refractivity contribution in [2.75, 3.05) is 13.7 Å². The highest BCUT2D eigenvalue weighted by atomic mass is 16.5. The van der Waals surface area contributed by atoms with Gasteiger partial charge in [-0.2, -0.15) is 0 Å². The quantitative estimate of drug-likeness (QED) is 0.856. The SMILES string of the molecule is CCc1ccc(C2CCN=C(NC(=O)OC)N2)cc1. The fraction of sp³-hybridized carbons (Fsp3) is 0.429. The summed E-state index contributed by atoms with van der Waals surface area (Å²) in [4.78, 5) is 15.4. The number of carbonyl (C=O) groups is 1. The number of ether oxygens (including phenoxy) is 1. The number of nitrogens with one attached hydrogen (secondary N) is 2. The molecule has 1 aliphatic heterocycles. The van der Waals surface area contributed by atoms with Crippen molar-refractivity contribution in [2.45, 2.75) is 25.8 Å². The van der Waals surface area contributed by atoms with Crippen molar-refractivity contribution in [3.63, 3.8) is 0 Å². The van der Waals surface area contributed by atoms with Crippen LogP contribution in [0.3, 0.4) is 0 Å². The molecular formula is C14H19N3O2. The predicted molar refractivity (Wildman–Crippen MR) is 74.2 cm³/mol. The number of aryl methyl sites for hydroxylation is 1. The maximum absolute atomic E-state index is 11.2. The van der Waals surface area contributed by atoms with Gasteiger partial charge in [0.05, 0.1) is 13.2 Å². The average molecular weight is 261 g/mol. The van der Waals surface area contributed by atoms with Crippen LogP contribution in [0.2, 0.25) is 0 Å². The molecular weight excluding hydrogens is 242 g/mol. The van der Waals surface area contributed by atoms with Gasteiger partial charge < -0.3 is 10.1 Å². The third kappa shape index (κ3) is 3.47. The van der Waals surface area contributed by atoms with Crippen LogP contribution >= 0.6 is 0 Å². The molecule has 5 heteroatoms. The number of nitrogens with zero attached hydrogens (tertiary/aromatic N) is 1. The summed E-state index contributed by atoms with van der Waals surface area (Å²) in [5, 5.41) is 5.78. The third-order valence-corrected chi connectivity index (χ3v) is 3.19. The lowest BCUT2D eigenvalue weighted by molar-refractivity contribution is 0.176. The van der Waals surface area contributed by atoms with Crippen LogP contribution in [0, 0.1) is 0 Å². The zero-order valence-electron chi connectivity index (χ0n) is 11.3. The Morgan fingerprint density at radius 2 is 2.21 bits per heavy atom. The molecule has 0 radical (unpaired) electrons. The summed E-state index contributed by atoms with van der Waals surface area (Å²) in [6.07, 6.45) is 1.44. The Labute approximate surface area is 113 Å². The van der Waals surface area contributed by atoms with E-state index in [2.05, 4.69) is 51.6 Å². The van der Waals surface area contributed by atoms with E-state index >= 15 is 0 Å². The molecule has 1 unspecified atom stereocenters. The largest absolute Gasteiger partial charge is 0.453 e. The van der Waals surface area contributed by atoms with Crippen molar-refractivity contribution in [1.29, 1.82) is 0 Å². The molecule has 0 aliphatic carbocycles. The summed E-state index contributed by atoms with van der Waals surface area (Å²) in [6.45, 7) is 2.82. The van der Waals surface area contributed by atoms with Crippen molar-refractivity contribution in [3.8, 4) is 0 Å². The van der Waals surface area contributed by atoms with E-state index in [4.69, 9.17) is 0 Å². The molecule has 0 saturated heterocycles. The Kier molecular flexibility index (Phi) is 4.39. The van der Waals surface area contributed by atoms with Gasteiger partial charge in [-0.25, -0.2) is 4.79 Å². The monoisotopic (exact) mass is 261 g/mol. The van der Waals surface area contributed by atoms with E-state index in [0.29, 0.717) is 12.5 Å². The molecule has 0 saturated carbocycles. The first kappa shape index (κ1) is 13.4. The Morgan fingerprint density at radius 1 is 1.47 bits per heavy atom. The molecule has 1 aromatic rings. The summed E-state index contributed by atoms with van der Waals surface area (Å²) in [6, 6.07) is 8.69. The molecule has 0 bridgehead atoms. The van der Waals surface area contributed by atoms with Gasteiger partial charge in [-0.05, 0) is 24.0 Å². The van der Waals surface area contributed by atoms with E-state index in [-0.39, 0.29) is 6.04 Å². The Bertz CT molecular complexity index is 468. The first-order valence-corrected chi connectivity index (χ1v) is 6.47. The van der Waals surface area contributed by atoms with E-state index in [1.807, 2.05) is 0 Å². The van der Waals surface area contributed by atoms with Gasteiger partial charge in [0.15, 0.2) is 0 Å². The van der Waals surface area contributed by atoms with E-state index in [1.54, 1.807) is 0 Å². The highest BCUT2D eigenvalue weighted by Gasteiger charge is 2.18. The van der Waals surface area contributed by atoms with Crippen LogP contribution in [0.1, 0.15) is 30.5 Å². The van der Waals surface area contributed by atoms with E-state index in [9.17, 15) is 4.79 Å². The molecule has 2 N–H and O–H groups in total. The number of methoxy groups -OCH3 is 1. The maximum Gasteiger partial charge on any atom is 0.413 e. The second-order valence-electron chi connectivity index (χ2n) is 4.43. The lowest BCUT2D eigenvalue weighted by atomic mass is 10.0. The first-order chi connectivity index (χ1) is 9.22. The fourth-order valence-corrected chi connectivity index (χ4v) is 2.05. The number of guanidine groups is 1.